The molecule has 5 heteroatoms. The second-order valence-corrected chi connectivity index (χ2v) is 8.20. The Balaban J connectivity index is 1.43. The second kappa shape index (κ2) is 7.26. The summed E-state index contributed by atoms with van der Waals surface area (Å²) in [5, 5.41) is 3.33. The monoisotopic (exact) mass is 396 g/mol. The van der Waals surface area contributed by atoms with Gasteiger partial charge in [0, 0.05) is 46.7 Å². The number of anilines is 1. The number of hydrogen-bond donors (Lipinski definition) is 1. The zero-order valence-corrected chi connectivity index (χ0v) is 16.9. The number of nitrogens with zero attached hydrogens (tertiary/aromatic N) is 3. The third kappa shape index (κ3) is 3.34. The molecule has 2 heterocycles. The summed E-state index contributed by atoms with van der Waals surface area (Å²) < 4.78 is 0. The number of aliphatic imine (C=N–C) groups is 1. The molecule has 3 aromatic carbocycles. The summed E-state index contributed by atoms with van der Waals surface area (Å²) in [6, 6.07) is 25.0. The molecule has 4 aromatic rings. The van der Waals surface area contributed by atoms with E-state index in [1.54, 1.807) is 11.8 Å². The highest BCUT2D eigenvalue weighted by Crippen LogP contribution is 2.39. The second-order valence-electron chi connectivity index (χ2n) is 7.10. The molecule has 0 atom stereocenters. The van der Waals surface area contributed by atoms with Crippen LogP contribution in [0.15, 0.2) is 93.9 Å². The molecule has 4 nitrogen and oxygen atoms in total. The molecule has 0 amide bonds. The maximum Gasteiger partial charge on any atom is 0.132 e. The van der Waals surface area contributed by atoms with E-state index in [1.807, 2.05) is 36.5 Å². The van der Waals surface area contributed by atoms with Crippen LogP contribution in [0.3, 0.4) is 0 Å². The molecular formula is C24H20N4S. The van der Waals surface area contributed by atoms with E-state index in [4.69, 9.17) is 5.73 Å². The minimum absolute atomic E-state index is 0.599. The van der Waals surface area contributed by atoms with Crippen molar-refractivity contribution in [2.24, 2.45) is 10.7 Å². The smallest absolute Gasteiger partial charge is 0.132 e. The van der Waals surface area contributed by atoms with Crippen molar-refractivity contribution < 1.29 is 0 Å². The van der Waals surface area contributed by atoms with Crippen LogP contribution in [0.2, 0.25) is 0 Å². The van der Waals surface area contributed by atoms with Gasteiger partial charge in [-0.1, -0.05) is 48.2 Å². The number of aromatic nitrogens is 1. The lowest BCUT2D eigenvalue weighted by Gasteiger charge is -2.22. The number of benzene rings is 3. The Kier molecular flexibility index (Phi) is 4.45. The van der Waals surface area contributed by atoms with Crippen molar-refractivity contribution in [3.05, 3.63) is 90.1 Å². The zero-order chi connectivity index (χ0) is 19.8. The van der Waals surface area contributed by atoms with Gasteiger partial charge in [0.2, 0.25) is 0 Å². The molecule has 0 unspecified atom stereocenters. The predicted molar refractivity (Wildman–Crippen MR) is 121 cm³/mol. The van der Waals surface area contributed by atoms with E-state index in [0.29, 0.717) is 5.84 Å². The van der Waals surface area contributed by atoms with Gasteiger partial charge in [0.05, 0.1) is 5.69 Å². The maximum atomic E-state index is 6.10. The van der Waals surface area contributed by atoms with Gasteiger partial charge in [-0.3, -0.25) is 0 Å². The van der Waals surface area contributed by atoms with E-state index < -0.39 is 0 Å². The molecule has 0 saturated heterocycles. The van der Waals surface area contributed by atoms with E-state index in [0.717, 1.165) is 28.2 Å². The molecule has 0 radical (unpaired) electrons. The quantitative estimate of drug-likeness (QED) is 0.492. The minimum atomic E-state index is 0.599. The van der Waals surface area contributed by atoms with Crippen molar-refractivity contribution >= 4 is 39.7 Å². The number of amidine groups is 1. The van der Waals surface area contributed by atoms with E-state index in [-0.39, 0.29) is 0 Å². The van der Waals surface area contributed by atoms with Crippen LogP contribution in [0.4, 0.5) is 11.4 Å². The lowest BCUT2D eigenvalue weighted by Crippen LogP contribution is -2.17. The zero-order valence-electron chi connectivity index (χ0n) is 16.0. The molecule has 0 spiro atoms. The van der Waals surface area contributed by atoms with E-state index in [9.17, 15) is 0 Å². The number of hydrogen-bond acceptors (Lipinski definition) is 5. The summed E-state index contributed by atoms with van der Waals surface area (Å²) in [5.41, 5.74) is 10.5. The van der Waals surface area contributed by atoms with Gasteiger partial charge in [0.15, 0.2) is 0 Å². The number of rotatable bonds is 5. The molecule has 0 fully saturated rings. The Morgan fingerprint density at radius 1 is 0.966 bits per heavy atom. The van der Waals surface area contributed by atoms with Crippen LogP contribution in [-0.2, 0) is 6.54 Å². The summed E-state index contributed by atoms with van der Waals surface area (Å²) in [6.45, 7) is 0.792. The SMILES string of the molecule is CN(Cc1ccnc(Sc2ccccc2)c1)c1ccc2c3c(cccc13)C(N)=N2. The largest absolute Gasteiger partial charge is 0.383 e. The summed E-state index contributed by atoms with van der Waals surface area (Å²) >= 11 is 1.68. The van der Waals surface area contributed by atoms with Crippen LogP contribution >= 0.6 is 11.8 Å². The minimum Gasteiger partial charge on any atom is -0.383 e. The first kappa shape index (κ1) is 17.8. The summed E-state index contributed by atoms with van der Waals surface area (Å²) in [5.74, 6) is 0.599. The van der Waals surface area contributed by atoms with Gasteiger partial charge >= 0.3 is 0 Å². The fraction of sp³-hybridized carbons (Fsp3) is 0.0833. The highest BCUT2D eigenvalue weighted by molar-refractivity contribution is 7.99. The van der Waals surface area contributed by atoms with Crippen molar-refractivity contribution in [2.45, 2.75) is 16.5 Å². The highest BCUT2D eigenvalue weighted by atomic mass is 32.2. The fourth-order valence-corrected chi connectivity index (χ4v) is 4.63. The normalized spacial score (nSPS) is 12.2. The van der Waals surface area contributed by atoms with Gasteiger partial charge in [0.25, 0.3) is 0 Å². The Morgan fingerprint density at radius 2 is 1.83 bits per heavy atom. The molecule has 2 N–H and O–H groups in total. The molecule has 29 heavy (non-hydrogen) atoms. The molecule has 1 aromatic heterocycles. The van der Waals surface area contributed by atoms with Crippen LogP contribution in [0.5, 0.6) is 0 Å². The molecular weight excluding hydrogens is 376 g/mol. The first-order valence-corrected chi connectivity index (χ1v) is 10.3. The predicted octanol–water partition coefficient (Wildman–Crippen LogP) is 5.37. The summed E-state index contributed by atoms with van der Waals surface area (Å²) in [6.07, 6.45) is 1.89. The van der Waals surface area contributed by atoms with Crippen LogP contribution < -0.4 is 10.6 Å². The van der Waals surface area contributed by atoms with Crippen molar-refractivity contribution in [3.8, 4) is 0 Å². The Bertz CT molecular complexity index is 1230. The summed E-state index contributed by atoms with van der Waals surface area (Å²) in [7, 11) is 2.12. The molecule has 1 aliphatic heterocycles. The van der Waals surface area contributed by atoms with E-state index in [1.165, 1.54) is 21.5 Å². The Morgan fingerprint density at radius 3 is 2.69 bits per heavy atom. The van der Waals surface area contributed by atoms with Gasteiger partial charge in [-0.2, -0.15) is 0 Å². The topological polar surface area (TPSA) is 54.5 Å². The van der Waals surface area contributed by atoms with Crippen molar-refractivity contribution in [2.75, 3.05) is 11.9 Å². The molecule has 0 aliphatic carbocycles. The first-order valence-electron chi connectivity index (χ1n) is 9.48. The Hall–Kier alpha value is -3.31. The molecule has 5 rings (SSSR count). The first-order chi connectivity index (χ1) is 14.2. The molecule has 1 aliphatic rings. The van der Waals surface area contributed by atoms with Crippen LogP contribution in [0.1, 0.15) is 11.1 Å². The molecule has 0 bridgehead atoms. The molecule has 142 valence electrons. The fourth-order valence-electron chi connectivity index (χ4n) is 3.78. The lowest BCUT2D eigenvalue weighted by atomic mass is 10.0. The third-order valence-electron chi connectivity index (χ3n) is 5.11. The van der Waals surface area contributed by atoms with Crippen LogP contribution in [0.25, 0.3) is 10.8 Å². The van der Waals surface area contributed by atoms with E-state index >= 15 is 0 Å². The number of nitrogens with two attached hydrogens (primary N) is 1. The average molecular weight is 397 g/mol. The van der Waals surface area contributed by atoms with Crippen molar-refractivity contribution in [1.82, 2.24) is 4.98 Å². The summed E-state index contributed by atoms with van der Waals surface area (Å²) in [4.78, 5) is 12.5. The third-order valence-corrected chi connectivity index (χ3v) is 6.05. The lowest BCUT2D eigenvalue weighted by molar-refractivity contribution is 0.913. The standard InChI is InChI=1S/C24H20N4S/c1-28(15-16-12-13-26-22(14-16)29-17-6-3-2-4-7-17)21-11-10-20-23-18(21)8-5-9-19(23)24(25)27-20/h2-14H,15H2,1H3,(H2,25,27). The van der Waals surface area contributed by atoms with Gasteiger partial charge in [-0.25, -0.2) is 9.98 Å². The van der Waals surface area contributed by atoms with Crippen molar-refractivity contribution in [3.63, 3.8) is 0 Å². The van der Waals surface area contributed by atoms with Gasteiger partial charge in [0.1, 0.15) is 10.9 Å². The number of pyridine rings is 1. The van der Waals surface area contributed by atoms with Crippen LogP contribution in [0, 0.1) is 0 Å². The Labute approximate surface area is 174 Å². The van der Waals surface area contributed by atoms with E-state index in [2.05, 4.69) is 64.4 Å². The van der Waals surface area contributed by atoms with Gasteiger partial charge < -0.3 is 10.6 Å². The maximum absolute atomic E-state index is 6.10. The van der Waals surface area contributed by atoms with Crippen molar-refractivity contribution in [1.29, 1.82) is 0 Å². The van der Waals surface area contributed by atoms with Crippen LogP contribution in [-0.4, -0.2) is 17.9 Å². The van der Waals surface area contributed by atoms with Gasteiger partial charge in [-0.15, -0.1) is 0 Å². The average Bonchev–Trinajstić information content (AvgIpc) is 3.06. The van der Waals surface area contributed by atoms with Gasteiger partial charge in [-0.05, 0) is 42.0 Å². The molecule has 0 saturated carbocycles. The highest BCUT2D eigenvalue weighted by Gasteiger charge is 2.19.